The molecular weight excluding hydrogens is 298 g/mol. The normalized spacial score (nSPS) is 33.9. The lowest BCUT2D eigenvalue weighted by atomic mass is 9.77. The van der Waals surface area contributed by atoms with Crippen molar-refractivity contribution >= 4 is 17.6 Å². The number of nitrogens with zero attached hydrogens (tertiary/aromatic N) is 1. The van der Waals surface area contributed by atoms with Crippen molar-refractivity contribution in [3.63, 3.8) is 0 Å². The van der Waals surface area contributed by atoms with E-state index in [0.29, 0.717) is 18.0 Å². The van der Waals surface area contributed by atoms with Gasteiger partial charge in [0, 0.05) is 0 Å². The fraction of sp³-hybridized carbons (Fsp3) is 0.412. The Balaban J connectivity index is 1.75. The number of anilines is 1. The zero-order valence-corrected chi connectivity index (χ0v) is 12.9. The van der Waals surface area contributed by atoms with Crippen LogP contribution in [0.15, 0.2) is 36.4 Å². The summed E-state index contributed by atoms with van der Waals surface area (Å²) in [7, 11) is 2.90. The quantitative estimate of drug-likeness (QED) is 0.618. The SMILES string of the molecule is COC(=O)[C@H]1[C@H]2C=C[C@@]3(CN(c4ccccc4OC)C(=O)[C@@H]13)O2. The van der Waals surface area contributed by atoms with Crippen LogP contribution in [-0.2, 0) is 19.1 Å². The third-order valence-corrected chi connectivity index (χ3v) is 4.95. The molecule has 1 aromatic rings. The molecule has 2 saturated heterocycles. The van der Waals surface area contributed by atoms with Crippen molar-refractivity contribution < 1.29 is 23.8 Å². The number of ether oxygens (including phenoxy) is 3. The molecule has 3 aliphatic heterocycles. The number of methoxy groups -OCH3 is 2. The maximum Gasteiger partial charge on any atom is 0.312 e. The second-order valence-corrected chi connectivity index (χ2v) is 6.02. The van der Waals surface area contributed by atoms with Gasteiger partial charge in [0.25, 0.3) is 0 Å². The third-order valence-electron chi connectivity index (χ3n) is 4.95. The van der Waals surface area contributed by atoms with Crippen LogP contribution in [0.5, 0.6) is 5.75 Å². The molecule has 0 unspecified atom stereocenters. The van der Waals surface area contributed by atoms with Gasteiger partial charge in [0.05, 0.1) is 38.5 Å². The predicted octanol–water partition coefficient (Wildman–Crippen LogP) is 1.15. The average molecular weight is 315 g/mol. The molecule has 1 amide bonds. The third kappa shape index (κ3) is 1.78. The monoisotopic (exact) mass is 315 g/mol. The molecule has 2 fully saturated rings. The summed E-state index contributed by atoms with van der Waals surface area (Å²) in [4.78, 5) is 26.8. The molecule has 3 aliphatic rings. The predicted molar refractivity (Wildman–Crippen MR) is 81.1 cm³/mol. The largest absolute Gasteiger partial charge is 0.495 e. The van der Waals surface area contributed by atoms with E-state index in [1.165, 1.54) is 7.11 Å². The van der Waals surface area contributed by atoms with Gasteiger partial charge < -0.3 is 19.1 Å². The molecule has 6 heteroatoms. The van der Waals surface area contributed by atoms with E-state index in [0.717, 1.165) is 0 Å². The number of esters is 1. The minimum absolute atomic E-state index is 0.128. The van der Waals surface area contributed by atoms with E-state index in [2.05, 4.69) is 0 Å². The fourth-order valence-electron chi connectivity index (χ4n) is 3.96. The minimum Gasteiger partial charge on any atom is -0.495 e. The Hall–Kier alpha value is -2.34. The maximum absolute atomic E-state index is 13.0. The molecule has 0 aromatic heterocycles. The second kappa shape index (κ2) is 4.83. The first-order valence-electron chi connectivity index (χ1n) is 7.51. The topological polar surface area (TPSA) is 65.1 Å². The molecule has 0 aliphatic carbocycles. The van der Waals surface area contributed by atoms with E-state index in [1.807, 2.05) is 30.4 Å². The van der Waals surface area contributed by atoms with Crippen molar-refractivity contribution in [3.8, 4) is 5.75 Å². The number of amides is 1. The highest BCUT2D eigenvalue weighted by atomic mass is 16.5. The molecule has 3 heterocycles. The first-order chi connectivity index (χ1) is 11.1. The van der Waals surface area contributed by atoms with Gasteiger partial charge in [0.1, 0.15) is 17.3 Å². The van der Waals surface area contributed by atoms with Gasteiger partial charge in [-0.3, -0.25) is 9.59 Å². The van der Waals surface area contributed by atoms with Crippen molar-refractivity contribution in [1.82, 2.24) is 0 Å². The highest BCUT2D eigenvalue weighted by Gasteiger charge is 2.67. The van der Waals surface area contributed by atoms with Crippen LogP contribution >= 0.6 is 0 Å². The number of hydrogen-bond acceptors (Lipinski definition) is 5. The maximum atomic E-state index is 13.0. The van der Waals surface area contributed by atoms with E-state index < -0.39 is 23.4 Å². The zero-order chi connectivity index (χ0) is 16.2. The number of hydrogen-bond donors (Lipinski definition) is 0. The lowest BCUT2D eigenvalue weighted by molar-refractivity contribution is -0.149. The Morgan fingerprint density at radius 1 is 1.35 bits per heavy atom. The second-order valence-electron chi connectivity index (χ2n) is 6.02. The summed E-state index contributed by atoms with van der Waals surface area (Å²) in [6, 6.07) is 7.34. The number of fused-ring (bicyclic) bond motifs is 1. The number of benzene rings is 1. The van der Waals surface area contributed by atoms with Gasteiger partial charge in [-0.05, 0) is 12.1 Å². The van der Waals surface area contributed by atoms with Crippen molar-refractivity contribution in [1.29, 1.82) is 0 Å². The Labute approximate surface area is 133 Å². The molecule has 1 aromatic carbocycles. The first-order valence-corrected chi connectivity index (χ1v) is 7.51. The van der Waals surface area contributed by atoms with Crippen molar-refractivity contribution in [3.05, 3.63) is 36.4 Å². The zero-order valence-electron chi connectivity index (χ0n) is 12.9. The Morgan fingerprint density at radius 2 is 2.13 bits per heavy atom. The van der Waals surface area contributed by atoms with Crippen LogP contribution in [0, 0.1) is 11.8 Å². The lowest BCUT2D eigenvalue weighted by Crippen LogP contribution is -2.39. The Bertz CT molecular complexity index is 715. The standard InChI is InChI=1S/C17H17NO5/c1-21-11-6-4-3-5-10(11)18-9-17-8-7-12(23-17)13(16(20)22-2)14(17)15(18)19/h3-8,12-14H,9H2,1-2H3/t12-,13+,14-,17+/m1/s1. The van der Waals surface area contributed by atoms with Crippen LogP contribution in [0.2, 0.25) is 0 Å². The minimum atomic E-state index is -0.749. The van der Waals surface area contributed by atoms with E-state index in [4.69, 9.17) is 14.2 Å². The summed E-state index contributed by atoms with van der Waals surface area (Å²) < 4.78 is 16.2. The molecule has 0 radical (unpaired) electrons. The number of carbonyl (C=O) groups is 2. The van der Waals surface area contributed by atoms with Gasteiger partial charge in [-0.25, -0.2) is 0 Å². The van der Waals surface area contributed by atoms with Crippen molar-refractivity contribution in [2.75, 3.05) is 25.7 Å². The van der Waals surface area contributed by atoms with Gasteiger partial charge in [-0.1, -0.05) is 24.3 Å². The van der Waals surface area contributed by atoms with Crippen LogP contribution in [-0.4, -0.2) is 44.3 Å². The van der Waals surface area contributed by atoms with E-state index in [9.17, 15) is 9.59 Å². The molecule has 1 spiro atoms. The lowest BCUT2D eigenvalue weighted by Gasteiger charge is -2.22. The van der Waals surface area contributed by atoms with E-state index >= 15 is 0 Å². The molecule has 4 atom stereocenters. The van der Waals surface area contributed by atoms with E-state index in [1.54, 1.807) is 18.1 Å². The van der Waals surface area contributed by atoms with Crippen LogP contribution < -0.4 is 9.64 Å². The molecule has 0 N–H and O–H groups in total. The van der Waals surface area contributed by atoms with Crippen LogP contribution in [0.4, 0.5) is 5.69 Å². The summed E-state index contributed by atoms with van der Waals surface area (Å²) in [5.41, 5.74) is -0.0607. The summed E-state index contributed by atoms with van der Waals surface area (Å²) >= 11 is 0. The van der Waals surface area contributed by atoms with Gasteiger partial charge in [-0.2, -0.15) is 0 Å². The Kier molecular flexibility index (Phi) is 2.99. The van der Waals surface area contributed by atoms with Crippen molar-refractivity contribution in [2.45, 2.75) is 11.7 Å². The van der Waals surface area contributed by atoms with Crippen LogP contribution in [0.25, 0.3) is 0 Å². The summed E-state index contributed by atoms with van der Waals surface area (Å²) in [6.45, 7) is 0.372. The highest BCUT2D eigenvalue weighted by Crippen LogP contribution is 2.53. The van der Waals surface area contributed by atoms with Gasteiger partial charge >= 0.3 is 5.97 Å². The number of rotatable bonds is 3. The summed E-state index contributed by atoms with van der Waals surface area (Å²) in [6.07, 6.45) is 3.39. The van der Waals surface area contributed by atoms with Gasteiger partial charge in [0.15, 0.2) is 0 Å². The molecule has 4 rings (SSSR count). The fourth-order valence-corrected chi connectivity index (χ4v) is 3.96. The number of carbonyl (C=O) groups excluding carboxylic acids is 2. The van der Waals surface area contributed by atoms with Crippen LogP contribution in [0.3, 0.4) is 0 Å². The van der Waals surface area contributed by atoms with Gasteiger partial charge in [-0.15, -0.1) is 0 Å². The first kappa shape index (κ1) is 14.3. The molecule has 23 heavy (non-hydrogen) atoms. The Morgan fingerprint density at radius 3 is 2.87 bits per heavy atom. The smallest absolute Gasteiger partial charge is 0.312 e. The summed E-state index contributed by atoms with van der Waals surface area (Å²) in [5, 5.41) is 0. The molecular formula is C17H17NO5. The van der Waals surface area contributed by atoms with Crippen LogP contribution in [0.1, 0.15) is 0 Å². The summed E-state index contributed by atoms with van der Waals surface area (Å²) in [5.74, 6) is -1.05. The average Bonchev–Trinajstić information content (AvgIpc) is 3.22. The molecule has 2 bridgehead atoms. The van der Waals surface area contributed by atoms with Gasteiger partial charge in [0.2, 0.25) is 5.91 Å². The molecule has 6 nitrogen and oxygen atoms in total. The number of para-hydroxylation sites is 2. The molecule has 0 saturated carbocycles. The van der Waals surface area contributed by atoms with Crippen molar-refractivity contribution in [2.24, 2.45) is 11.8 Å². The highest BCUT2D eigenvalue weighted by molar-refractivity contribution is 6.03. The molecule has 120 valence electrons. The van der Waals surface area contributed by atoms with E-state index in [-0.39, 0.29) is 12.0 Å².